The summed E-state index contributed by atoms with van der Waals surface area (Å²) < 4.78 is 18.2. The highest BCUT2D eigenvalue weighted by Gasteiger charge is 2.40. The van der Waals surface area contributed by atoms with Gasteiger partial charge in [0.15, 0.2) is 7.14 Å². The van der Waals surface area contributed by atoms with Gasteiger partial charge in [0, 0.05) is 21.3 Å². The highest BCUT2D eigenvalue weighted by molar-refractivity contribution is 7.86. The Kier molecular flexibility index (Phi) is 6.21. The van der Waals surface area contributed by atoms with Gasteiger partial charge in [0.1, 0.15) is 5.82 Å². The summed E-state index contributed by atoms with van der Waals surface area (Å²) in [6.07, 6.45) is 0. The molecule has 8 aromatic carbocycles. The Morgan fingerprint density at radius 2 is 1.13 bits per heavy atom. The zero-order valence-corrected chi connectivity index (χ0v) is 30.7. The van der Waals surface area contributed by atoms with Crippen molar-refractivity contribution in [2.45, 2.75) is 26.2 Å². The second kappa shape index (κ2) is 10.8. The third-order valence-corrected chi connectivity index (χ3v) is 15.0. The normalized spacial score (nSPS) is 16.5. The summed E-state index contributed by atoms with van der Waals surface area (Å²) in [6, 6.07) is 56.2. The van der Waals surface area contributed by atoms with E-state index >= 15 is 4.57 Å². The van der Waals surface area contributed by atoms with Crippen LogP contribution >= 0.6 is 7.14 Å². The maximum Gasteiger partial charge on any atom is 0.175 e. The number of benzene rings is 8. The van der Waals surface area contributed by atoms with Gasteiger partial charge >= 0.3 is 0 Å². The molecule has 1 unspecified atom stereocenters. The van der Waals surface area contributed by atoms with Crippen molar-refractivity contribution in [1.82, 2.24) is 9.55 Å². The summed E-state index contributed by atoms with van der Waals surface area (Å²) in [5.74, 6) is 0.890. The van der Waals surface area contributed by atoms with Gasteiger partial charge in [0.05, 0.1) is 16.7 Å². The van der Waals surface area contributed by atoms with E-state index in [1.54, 1.807) is 0 Å². The first-order valence-electron chi connectivity index (χ1n) is 18.3. The van der Waals surface area contributed by atoms with Crippen LogP contribution in [0.5, 0.6) is 0 Å². The van der Waals surface area contributed by atoms with Gasteiger partial charge in [-0.25, -0.2) is 4.98 Å². The van der Waals surface area contributed by atoms with E-state index in [2.05, 4.69) is 128 Å². The third-order valence-electron chi connectivity index (χ3n) is 11.9. The van der Waals surface area contributed by atoms with E-state index in [1.807, 2.05) is 55.5 Å². The molecule has 9 aromatic rings. The van der Waals surface area contributed by atoms with Crippen LogP contribution in [0, 0.1) is 6.92 Å². The number of hydrogen-bond donors (Lipinski definition) is 0. The predicted molar refractivity (Wildman–Crippen MR) is 222 cm³/mol. The molecule has 0 fully saturated rings. The van der Waals surface area contributed by atoms with Gasteiger partial charge in [-0.2, -0.15) is 0 Å². The quantitative estimate of drug-likeness (QED) is 0.136. The van der Waals surface area contributed by atoms with E-state index in [1.165, 1.54) is 54.9 Å². The number of para-hydroxylation sites is 1. The number of hydrogen-bond acceptors (Lipinski definition) is 2. The van der Waals surface area contributed by atoms with Crippen LogP contribution in [0.1, 0.15) is 30.8 Å². The average molecular weight is 699 g/mol. The highest BCUT2D eigenvalue weighted by atomic mass is 31.2. The third kappa shape index (κ3) is 4.01. The summed E-state index contributed by atoms with van der Waals surface area (Å²) >= 11 is 0. The van der Waals surface area contributed by atoms with Gasteiger partial charge in [0.25, 0.3) is 0 Å². The summed E-state index contributed by atoms with van der Waals surface area (Å²) in [6.45, 7) is 6.73. The Bertz CT molecular complexity index is 3020. The van der Waals surface area contributed by atoms with Crippen LogP contribution in [-0.4, -0.2) is 9.55 Å². The van der Waals surface area contributed by atoms with Gasteiger partial charge < -0.3 is 4.57 Å². The lowest BCUT2D eigenvalue weighted by Gasteiger charge is -2.29. The van der Waals surface area contributed by atoms with Gasteiger partial charge in [-0.1, -0.05) is 141 Å². The Labute approximate surface area is 308 Å². The molecule has 0 saturated heterocycles. The smallest absolute Gasteiger partial charge is 0.175 e. The van der Waals surface area contributed by atoms with E-state index in [-0.39, 0.29) is 5.41 Å². The molecule has 1 aromatic heterocycles. The second-order valence-corrected chi connectivity index (χ2v) is 17.8. The molecule has 3 nitrogen and oxygen atoms in total. The predicted octanol–water partition coefficient (Wildman–Crippen LogP) is 11.2. The molecule has 0 saturated carbocycles. The van der Waals surface area contributed by atoms with Crippen LogP contribution < -0.4 is 15.9 Å². The Balaban J connectivity index is 1.19. The number of aryl methyl sites for hydroxylation is 1. The van der Waals surface area contributed by atoms with Gasteiger partial charge in [0.2, 0.25) is 0 Å². The van der Waals surface area contributed by atoms with Gasteiger partial charge in [-0.15, -0.1) is 0 Å². The van der Waals surface area contributed by atoms with Gasteiger partial charge in [-0.05, 0) is 103 Å². The van der Waals surface area contributed by atoms with Gasteiger partial charge in [-0.3, -0.25) is 4.57 Å². The molecular weight excluding hydrogens is 664 g/mol. The molecule has 0 amide bonds. The first kappa shape index (κ1) is 30.6. The molecule has 0 N–H and O–H groups in total. The fraction of sp³-hybridized carbons (Fsp3) is 0.0816. The van der Waals surface area contributed by atoms with Crippen molar-refractivity contribution >= 4 is 55.6 Å². The topological polar surface area (TPSA) is 34.9 Å². The summed E-state index contributed by atoms with van der Waals surface area (Å²) in [7, 11) is -3.28. The van der Waals surface area contributed by atoms with Crippen molar-refractivity contribution in [2.75, 3.05) is 0 Å². The lowest BCUT2D eigenvalue weighted by Crippen LogP contribution is -2.33. The SMILES string of the molecule is Cc1nc2cccc3c2n1-c1ccc(-c2c4ccccc4c(-c4ccc5c(c4)C(C)(C)c4ccccc4-5)c4ccccc24)cc1P3(=O)c1ccccc1. The molecule has 0 radical (unpaired) electrons. The van der Waals surface area contributed by atoms with Crippen LogP contribution in [-0.2, 0) is 9.98 Å². The molecule has 2 heterocycles. The number of rotatable bonds is 3. The number of aromatic nitrogens is 2. The average Bonchev–Trinajstić information content (AvgIpc) is 3.66. The van der Waals surface area contributed by atoms with E-state index in [9.17, 15) is 0 Å². The molecular formula is C49H35N2OP. The molecule has 252 valence electrons. The molecule has 2 aliphatic rings. The van der Waals surface area contributed by atoms with E-state index in [0.717, 1.165) is 49.6 Å². The van der Waals surface area contributed by atoms with Crippen molar-refractivity contribution < 1.29 is 4.57 Å². The molecule has 1 aliphatic heterocycles. The summed E-state index contributed by atoms with van der Waals surface area (Å²) in [5, 5.41) is 7.29. The van der Waals surface area contributed by atoms with E-state index in [4.69, 9.17) is 4.98 Å². The van der Waals surface area contributed by atoms with Crippen molar-refractivity contribution in [3.8, 4) is 39.1 Å². The lowest BCUT2D eigenvalue weighted by atomic mass is 9.80. The maximum absolute atomic E-state index is 16.0. The Morgan fingerprint density at radius 1 is 0.547 bits per heavy atom. The van der Waals surface area contributed by atoms with E-state index < -0.39 is 7.14 Å². The second-order valence-electron chi connectivity index (χ2n) is 15.1. The van der Waals surface area contributed by atoms with Crippen molar-refractivity contribution in [1.29, 1.82) is 0 Å². The molecule has 11 rings (SSSR count). The maximum atomic E-state index is 16.0. The minimum absolute atomic E-state index is 0.0961. The number of nitrogens with zero attached hydrogens (tertiary/aromatic N) is 2. The van der Waals surface area contributed by atoms with Crippen molar-refractivity contribution in [3.05, 3.63) is 175 Å². The molecule has 53 heavy (non-hydrogen) atoms. The summed E-state index contributed by atoms with van der Waals surface area (Å²) in [4.78, 5) is 4.93. The summed E-state index contributed by atoms with van der Waals surface area (Å²) in [5.41, 5.74) is 12.7. The Morgan fingerprint density at radius 3 is 1.83 bits per heavy atom. The standard InChI is InChI=1S/C49H35N2OP/c1-30-50-42-22-13-23-44-48(42)51(30)43-27-25-32(29-45(43)53(44,52)33-14-5-4-6-15-33)47-38-19-9-7-17-36(38)46(37-18-8-10-20-39(37)47)31-24-26-35-34-16-11-12-21-40(34)49(2,3)41(35)28-31/h4-29H,1-3H3. The lowest BCUT2D eigenvalue weighted by molar-refractivity contribution is 0.592. The highest BCUT2D eigenvalue weighted by Crippen LogP contribution is 2.53. The van der Waals surface area contributed by atoms with Crippen LogP contribution in [0.4, 0.5) is 0 Å². The largest absolute Gasteiger partial charge is 0.308 e. The fourth-order valence-electron chi connectivity index (χ4n) is 9.55. The van der Waals surface area contributed by atoms with Crippen LogP contribution in [0.3, 0.4) is 0 Å². The molecule has 4 heteroatoms. The zero-order chi connectivity index (χ0) is 35.6. The van der Waals surface area contributed by atoms with Crippen molar-refractivity contribution in [2.24, 2.45) is 0 Å². The minimum atomic E-state index is -3.28. The zero-order valence-electron chi connectivity index (χ0n) is 29.8. The first-order valence-corrected chi connectivity index (χ1v) is 20.0. The molecule has 0 bridgehead atoms. The van der Waals surface area contributed by atoms with Crippen LogP contribution in [0.2, 0.25) is 0 Å². The Hall–Kier alpha value is -6.02. The molecule has 1 aliphatic carbocycles. The van der Waals surface area contributed by atoms with Crippen LogP contribution in [0.25, 0.3) is 71.6 Å². The van der Waals surface area contributed by atoms with Crippen molar-refractivity contribution in [3.63, 3.8) is 0 Å². The number of fused-ring (bicyclic) bond motifs is 7. The molecule has 1 atom stereocenters. The monoisotopic (exact) mass is 698 g/mol. The minimum Gasteiger partial charge on any atom is -0.308 e. The van der Waals surface area contributed by atoms with E-state index in [0.29, 0.717) is 0 Å². The fourth-order valence-corrected chi connectivity index (χ4v) is 12.6. The van der Waals surface area contributed by atoms with Crippen LogP contribution in [0.15, 0.2) is 158 Å². The molecule has 0 spiro atoms. The first-order chi connectivity index (χ1) is 25.9. The number of imidazole rings is 1.